The quantitative estimate of drug-likeness (QED) is 0.734. The van der Waals surface area contributed by atoms with Crippen LogP contribution in [0, 0.1) is 5.82 Å². The molecular formula is C21H21ClFN3O3. The summed E-state index contributed by atoms with van der Waals surface area (Å²) in [7, 11) is 0. The van der Waals surface area contributed by atoms with E-state index in [1.54, 1.807) is 43.3 Å². The van der Waals surface area contributed by atoms with Gasteiger partial charge in [-0.25, -0.2) is 4.39 Å². The lowest BCUT2D eigenvalue weighted by Gasteiger charge is -2.37. The lowest BCUT2D eigenvalue weighted by molar-refractivity contribution is -0.159. The molecule has 0 spiro atoms. The third-order valence-electron chi connectivity index (χ3n) is 4.81. The summed E-state index contributed by atoms with van der Waals surface area (Å²) in [6, 6.07) is 11.7. The average molecular weight is 418 g/mol. The Labute approximate surface area is 173 Å². The Morgan fingerprint density at radius 3 is 2.34 bits per heavy atom. The predicted octanol–water partition coefficient (Wildman–Crippen LogP) is 3.07. The molecular weight excluding hydrogens is 397 g/mol. The highest BCUT2D eigenvalue weighted by molar-refractivity contribution is 6.36. The fourth-order valence-corrected chi connectivity index (χ4v) is 3.38. The largest absolute Gasteiger partial charge is 0.328 e. The molecule has 8 heteroatoms. The minimum atomic E-state index is -0.755. The van der Waals surface area contributed by atoms with Gasteiger partial charge in [0, 0.05) is 30.3 Å². The number of amides is 3. The number of carbonyl (C=O) groups excluding carboxylic acids is 3. The zero-order valence-electron chi connectivity index (χ0n) is 15.9. The summed E-state index contributed by atoms with van der Waals surface area (Å²) in [5, 5.41) is 3.31. The zero-order valence-corrected chi connectivity index (χ0v) is 16.7. The lowest BCUT2D eigenvalue weighted by atomic mass is 10.1. The van der Waals surface area contributed by atoms with Gasteiger partial charge in [0.2, 0.25) is 5.91 Å². The fraction of sp³-hybridized carbons (Fsp3) is 0.286. The topological polar surface area (TPSA) is 69.7 Å². The summed E-state index contributed by atoms with van der Waals surface area (Å²) in [4.78, 5) is 40.6. The van der Waals surface area contributed by atoms with Crippen LogP contribution < -0.4 is 5.32 Å². The normalized spacial score (nSPS) is 15.4. The first-order valence-electron chi connectivity index (χ1n) is 9.29. The maximum Gasteiger partial charge on any atom is 0.312 e. The van der Waals surface area contributed by atoms with Crippen molar-refractivity contribution in [3.8, 4) is 0 Å². The summed E-state index contributed by atoms with van der Waals surface area (Å²) in [5.74, 6) is -2.10. The summed E-state index contributed by atoms with van der Waals surface area (Å²) in [6.45, 7) is 2.55. The van der Waals surface area contributed by atoms with E-state index in [1.165, 1.54) is 21.9 Å². The van der Waals surface area contributed by atoms with Crippen molar-refractivity contribution in [2.45, 2.75) is 25.9 Å². The Bertz CT molecular complexity index is 902. The first-order valence-corrected chi connectivity index (χ1v) is 9.67. The highest BCUT2D eigenvalue weighted by atomic mass is 35.5. The number of hydrogen-bond acceptors (Lipinski definition) is 3. The number of nitrogens with one attached hydrogen (secondary N) is 1. The monoisotopic (exact) mass is 417 g/mol. The second-order valence-corrected chi connectivity index (χ2v) is 7.21. The first kappa shape index (κ1) is 20.8. The molecule has 0 saturated carbocycles. The molecule has 29 heavy (non-hydrogen) atoms. The van der Waals surface area contributed by atoms with Crippen LogP contribution in [0.2, 0.25) is 5.02 Å². The minimum absolute atomic E-state index is 0.215. The molecule has 0 bridgehead atoms. The number of piperazine rings is 1. The Morgan fingerprint density at radius 1 is 1.07 bits per heavy atom. The van der Waals surface area contributed by atoms with Crippen LogP contribution in [0.5, 0.6) is 0 Å². The maximum atomic E-state index is 13.0. The molecule has 1 saturated heterocycles. The molecule has 152 valence electrons. The van der Waals surface area contributed by atoms with Crippen molar-refractivity contribution in [3.63, 3.8) is 0 Å². The van der Waals surface area contributed by atoms with E-state index in [0.717, 1.165) is 5.56 Å². The van der Waals surface area contributed by atoms with E-state index >= 15 is 0 Å². The smallest absolute Gasteiger partial charge is 0.312 e. The second kappa shape index (κ2) is 9.05. The van der Waals surface area contributed by atoms with E-state index in [-0.39, 0.29) is 24.8 Å². The van der Waals surface area contributed by atoms with Crippen molar-refractivity contribution in [2.24, 2.45) is 0 Å². The van der Waals surface area contributed by atoms with Crippen molar-refractivity contribution in [3.05, 3.63) is 64.9 Å². The van der Waals surface area contributed by atoms with Crippen LogP contribution in [-0.4, -0.2) is 46.7 Å². The number of anilines is 1. The molecule has 2 aromatic carbocycles. The molecule has 3 amide bonds. The zero-order chi connectivity index (χ0) is 21.0. The molecule has 1 N–H and O–H groups in total. The van der Waals surface area contributed by atoms with Gasteiger partial charge in [0.05, 0.1) is 0 Å². The highest BCUT2D eigenvalue weighted by Gasteiger charge is 2.38. The molecule has 6 nitrogen and oxygen atoms in total. The van der Waals surface area contributed by atoms with Crippen molar-refractivity contribution in [2.75, 3.05) is 18.4 Å². The fourth-order valence-electron chi connectivity index (χ4n) is 3.25. The van der Waals surface area contributed by atoms with E-state index in [2.05, 4.69) is 5.32 Å². The van der Waals surface area contributed by atoms with Gasteiger partial charge in [0.15, 0.2) is 0 Å². The SMILES string of the molecule is CCC(C(=O)Nc1ccc(Cl)cc1)N1CCN(Cc2ccc(F)cc2)C(=O)C1=O. The summed E-state index contributed by atoms with van der Waals surface area (Å²) in [5.41, 5.74) is 1.29. The number of hydrogen-bond donors (Lipinski definition) is 1. The second-order valence-electron chi connectivity index (χ2n) is 6.77. The summed E-state index contributed by atoms with van der Waals surface area (Å²) >= 11 is 5.85. The van der Waals surface area contributed by atoms with Gasteiger partial charge in [-0.3, -0.25) is 14.4 Å². The lowest BCUT2D eigenvalue weighted by Crippen LogP contribution is -2.59. The number of halogens is 2. The van der Waals surface area contributed by atoms with Crippen LogP contribution in [-0.2, 0) is 20.9 Å². The van der Waals surface area contributed by atoms with Gasteiger partial charge in [0.25, 0.3) is 0 Å². The van der Waals surface area contributed by atoms with Gasteiger partial charge in [-0.15, -0.1) is 0 Å². The van der Waals surface area contributed by atoms with Crippen LogP contribution in [0.15, 0.2) is 48.5 Å². The van der Waals surface area contributed by atoms with Gasteiger partial charge >= 0.3 is 11.8 Å². The summed E-state index contributed by atoms with van der Waals surface area (Å²) in [6.07, 6.45) is 0.371. The van der Waals surface area contributed by atoms with Gasteiger partial charge in [-0.2, -0.15) is 0 Å². The van der Waals surface area contributed by atoms with Gasteiger partial charge in [0.1, 0.15) is 11.9 Å². The number of nitrogens with zero attached hydrogens (tertiary/aromatic N) is 2. The first-order chi connectivity index (χ1) is 13.9. The van der Waals surface area contributed by atoms with E-state index in [9.17, 15) is 18.8 Å². The van der Waals surface area contributed by atoms with Crippen LogP contribution in [0.1, 0.15) is 18.9 Å². The van der Waals surface area contributed by atoms with Crippen LogP contribution >= 0.6 is 11.6 Å². The Balaban J connectivity index is 1.66. The van der Waals surface area contributed by atoms with Gasteiger partial charge in [-0.05, 0) is 48.4 Å². The maximum absolute atomic E-state index is 13.0. The summed E-state index contributed by atoms with van der Waals surface area (Å²) < 4.78 is 13.0. The van der Waals surface area contributed by atoms with Gasteiger partial charge < -0.3 is 15.1 Å². The third-order valence-corrected chi connectivity index (χ3v) is 5.06. The number of benzene rings is 2. The van der Waals surface area contributed by atoms with Gasteiger partial charge in [-0.1, -0.05) is 30.7 Å². The Hall–Kier alpha value is -2.93. The molecule has 2 aromatic rings. The van der Waals surface area contributed by atoms with Crippen molar-refractivity contribution < 1.29 is 18.8 Å². The molecule has 0 radical (unpaired) electrons. The Morgan fingerprint density at radius 2 is 1.72 bits per heavy atom. The van der Waals surface area contributed by atoms with Crippen LogP contribution in [0.3, 0.4) is 0 Å². The molecule has 0 aromatic heterocycles. The minimum Gasteiger partial charge on any atom is -0.328 e. The molecule has 1 heterocycles. The standard InChI is InChI=1S/C21H21ClFN3O3/c1-2-18(19(27)24-17-9-5-15(22)6-10-17)26-12-11-25(20(28)21(26)29)13-14-3-7-16(23)8-4-14/h3-10,18H,2,11-13H2,1H3,(H,24,27). The average Bonchev–Trinajstić information content (AvgIpc) is 2.71. The molecule has 3 rings (SSSR count). The highest BCUT2D eigenvalue weighted by Crippen LogP contribution is 2.18. The number of rotatable bonds is 6. The van der Waals surface area contributed by atoms with Crippen LogP contribution in [0.25, 0.3) is 0 Å². The molecule has 1 unspecified atom stereocenters. The van der Waals surface area contributed by atoms with Crippen LogP contribution in [0.4, 0.5) is 10.1 Å². The van der Waals surface area contributed by atoms with Crippen molar-refractivity contribution in [1.82, 2.24) is 9.80 Å². The van der Waals surface area contributed by atoms with E-state index < -0.39 is 17.9 Å². The van der Waals surface area contributed by atoms with E-state index in [0.29, 0.717) is 23.7 Å². The predicted molar refractivity (Wildman–Crippen MR) is 108 cm³/mol. The third kappa shape index (κ3) is 4.92. The Kier molecular flexibility index (Phi) is 6.49. The van der Waals surface area contributed by atoms with E-state index in [1.807, 2.05) is 0 Å². The van der Waals surface area contributed by atoms with E-state index in [4.69, 9.17) is 11.6 Å². The molecule has 1 aliphatic rings. The molecule has 1 fully saturated rings. The molecule has 0 aliphatic carbocycles. The van der Waals surface area contributed by atoms with Crippen molar-refractivity contribution >= 4 is 35.0 Å². The molecule has 1 aliphatic heterocycles. The molecule has 1 atom stereocenters. The number of carbonyl (C=O) groups is 3. The van der Waals surface area contributed by atoms with Crippen molar-refractivity contribution in [1.29, 1.82) is 0 Å².